The van der Waals surface area contributed by atoms with Crippen LogP contribution in [0.25, 0.3) is 17.0 Å². The summed E-state index contributed by atoms with van der Waals surface area (Å²) in [5.74, 6) is -1.43. The van der Waals surface area contributed by atoms with Crippen LogP contribution in [-0.4, -0.2) is 64.9 Å². The van der Waals surface area contributed by atoms with Crippen LogP contribution in [0.15, 0.2) is 68.7 Å². The zero-order chi connectivity index (χ0) is 33.3. The second-order valence-corrected chi connectivity index (χ2v) is 13.3. The van der Waals surface area contributed by atoms with Gasteiger partial charge >= 0.3 is 21.9 Å². The first-order chi connectivity index (χ1) is 21.0. The summed E-state index contributed by atoms with van der Waals surface area (Å²) in [4.78, 5) is 25.5. The SMILES string of the molecule is CCN(CC)c1ccc2c(O)c(C=CC=CC3=[N+](S(=O)(=O)O)c4ccc(S(=O)(=O)O)cc4C3(C)CCCC(=O)O)c(=O)oc2c1. The minimum absolute atomic E-state index is 0.0150. The number of anilines is 1. The highest BCUT2D eigenvalue weighted by Gasteiger charge is 2.52. The molecule has 1 aromatic heterocycles. The first kappa shape index (κ1) is 33.6. The Hall–Kier alpha value is -4.31. The van der Waals surface area contributed by atoms with Gasteiger partial charge < -0.3 is 19.5 Å². The molecule has 0 aliphatic carbocycles. The van der Waals surface area contributed by atoms with Gasteiger partial charge in [-0.3, -0.25) is 9.35 Å². The molecule has 0 fully saturated rings. The van der Waals surface area contributed by atoms with Gasteiger partial charge in [0.05, 0.1) is 15.7 Å². The van der Waals surface area contributed by atoms with Crippen molar-refractivity contribution in [1.29, 1.82) is 0 Å². The first-order valence-corrected chi connectivity index (χ1v) is 16.7. The van der Waals surface area contributed by atoms with Crippen molar-refractivity contribution in [1.82, 2.24) is 0 Å². The molecule has 4 N–H and O–H groups in total. The molecule has 4 rings (SSSR count). The van der Waals surface area contributed by atoms with Crippen molar-refractivity contribution in [2.24, 2.45) is 0 Å². The van der Waals surface area contributed by atoms with Crippen LogP contribution < -0.4 is 10.5 Å². The van der Waals surface area contributed by atoms with E-state index in [9.17, 15) is 45.7 Å². The predicted octanol–water partition coefficient (Wildman–Crippen LogP) is 4.28. The largest absolute Gasteiger partial charge is 0.512 e. The molecule has 3 aromatic rings. The van der Waals surface area contributed by atoms with Gasteiger partial charge in [0.15, 0.2) is 0 Å². The topological polar surface area (TPSA) is 203 Å². The van der Waals surface area contributed by atoms with Gasteiger partial charge in [-0.2, -0.15) is 8.42 Å². The van der Waals surface area contributed by atoms with Crippen molar-refractivity contribution in [3.05, 3.63) is 76.2 Å². The van der Waals surface area contributed by atoms with Crippen molar-refractivity contribution in [3.63, 3.8) is 0 Å². The quantitative estimate of drug-likeness (QED) is 0.0930. The predicted molar refractivity (Wildman–Crippen MR) is 167 cm³/mol. The summed E-state index contributed by atoms with van der Waals surface area (Å²) in [6, 6.07) is 8.25. The number of carbonyl (C=O) groups is 1. The van der Waals surface area contributed by atoms with Crippen LogP contribution in [0.5, 0.6) is 5.75 Å². The summed E-state index contributed by atoms with van der Waals surface area (Å²) < 4.78 is 74.8. The molecule has 45 heavy (non-hydrogen) atoms. The van der Waals surface area contributed by atoms with Gasteiger partial charge in [-0.1, -0.05) is 16.1 Å². The lowest BCUT2D eigenvalue weighted by molar-refractivity contribution is -0.269. The van der Waals surface area contributed by atoms with Crippen LogP contribution in [0, 0.1) is 0 Å². The summed E-state index contributed by atoms with van der Waals surface area (Å²) in [6.45, 7) is 6.97. The summed E-state index contributed by atoms with van der Waals surface area (Å²) in [5, 5.41) is 20.3. The second kappa shape index (κ2) is 12.6. The fourth-order valence-electron chi connectivity index (χ4n) is 5.56. The number of nitrogens with zero attached hydrogens (tertiary/aromatic N) is 2. The number of benzene rings is 2. The van der Waals surface area contributed by atoms with Crippen molar-refractivity contribution in [2.75, 3.05) is 18.0 Å². The number of aliphatic carboxylic acids is 1. The maximum Gasteiger partial charge on any atom is 0.512 e. The highest BCUT2D eigenvalue weighted by molar-refractivity contribution is 7.85. The van der Waals surface area contributed by atoms with Gasteiger partial charge in [-0.25, -0.2) is 9.35 Å². The van der Waals surface area contributed by atoms with Crippen molar-refractivity contribution in [3.8, 4) is 5.75 Å². The molecule has 2 aromatic carbocycles. The van der Waals surface area contributed by atoms with E-state index in [1.807, 2.05) is 18.7 Å². The van der Waals surface area contributed by atoms with Crippen LogP contribution in [0.1, 0.15) is 51.2 Å². The van der Waals surface area contributed by atoms with E-state index in [0.29, 0.717) is 9.37 Å². The third kappa shape index (κ3) is 6.71. The summed E-state index contributed by atoms with van der Waals surface area (Å²) in [7, 11) is -9.67. The normalized spacial score (nSPS) is 17.1. The number of carboxylic acid groups (broad SMARTS) is 1. The lowest BCUT2D eigenvalue weighted by Crippen LogP contribution is -2.33. The summed E-state index contributed by atoms with van der Waals surface area (Å²) in [5.41, 5.74) is -1.37. The zero-order valence-electron chi connectivity index (χ0n) is 24.7. The molecule has 13 nitrogen and oxygen atoms in total. The van der Waals surface area contributed by atoms with Crippen LogP contribution in [0.2, 0.25) is 0 Å². The molecule has 0 saturated carbocycles. The van der Waals surface area contributed by atoms with Gasteiger partial charge in [0, 0.05) is 49.0 Å². The molecule has 15 heteroatoms. The maximum atomic E-state index is 12.8. The van der Waals surface area contributed by atoms with E-state index in [-0.39, 0.29) is 53.1 Å². The molecule has 2 heterocycles. The number of fused-ring (bicyclic) bond motifs is 2. The number of allylic oxidation sites excluding steroid dienone is 3. The number of hydrogen-bond acceptors (Lipinski definition) is 9. The molecular weight excluding hydrogens is 628 g/mol. The Labute approximate surface area is 259 Å². The van der Waals surface area contributed by atoms with E-state index >= 15 is 0 Å². The second-order valence-electron chi connectivity index (χ2n) is 10.6. The average molecular weight is 662 g/mol. The van der Waals surface area contributed by atoms with Gasteiger partial charge in [-0.15, -0.1) is 8.42 Å². The van der Waals surface area contributed by atoms with Gasteiger partial charge in [0.25, 0.3) is 10.1 Å². The standard InChI is InChI=1S/C30H32N2O11S2/c1-4-31(5-2)19-12-14-21-25(17-19)43-29(36)22(28(21)35)9-6-7-10-26-30(3,16-8-11-27(33)34)23-18-20(44(37,38)39)13-15-24(23)32(26)45(40,41)42/h6-7,9-10,12-15,17-18H,4-5,8,11,16H2,1-3H3,(H3,33,34,37,38,39,40,41,42)/p+1. The van der Waals surface area contributed by atoms with Crippen LogP contribution >= 0.6 is 0 Å². The molecule has 0 saturated heterocycles. The van der Waals surface area contributed by atoms with E-state index in [1.165, 1.54) is 24.3 Å². The third-order valence-corrected chi connectivity index (χ3v) is 9.52. The Morgan fingerprint density at radius 1 is 1.02 bits per heavy atom. The molecule has 1 aliphatic rings. The molecule has 1 aliphatic heterocycles. The Balaban J connectivity index is 1.79. The van der Waals surface area contributed by atoms with Gasteiger partial charge in [0.2, 0.25) is 11.4 Å². The molecule has 0 amide bonds. The monoisotopic (exact) mass is 661 g/mol. The third-order valence-electron chi connectivity index (χ3n) is 7.82. The number of hydrogen-bond donors (Lipinski definition) is 4. The molecule has 240 valence electrons. The molecule has 0 bridgehead atoms. The Morgan fingerprint density at radius 2 is 1.69 bits per heavy atom. The average Bonchev–Trinajstić information content (AvgIpc) is 3.20. The Kier molecular flexibility index (Phi) is 9.40. The van der Waals surface area contributed by atoms with Gasteiger partial charge in [-0.05, 0) is 64.0 Å². The maximum absolute atomic E-state index is 12.8. The van der Waals surface area contributed by atoms with E-state index in [2.05, 4.69) is 0 Å². The number of rotatable bonds is 12. The summed E-state index contributed by atoms with van der Waals surface area (Å²) in [6.07, 6.45) is 5.02. The van der Waals surface area contributed by atoms with Crippen molar-refractivity contribution < 1.29 is 49.3 Å². The number of carboxylic acids is 1. The molecule has 1 atom stereocenters. The Bertz CT molecular complexity index is 2040. The van der Waals surface area contributed by atoms with Crippen LogP contribution in [0.3, 0.4) is 0 Å². The van der Waals surface area contributed by atoms with E-state index in [4.69, 9.17) is 4.42 Å². The fourth-order valence-corrected chi connectivity index (χ4v) is 6.99. The minimum atomic E-state index is -4.98. The van der Waals surface area contributed by atoms with Crippen molar-refractivity contribution >= 4 is 60.5 Å². The van der Waals surface area contributed by atoms with E-state index in [0.717, 1.165) is 37.0 Å². The molecule has 0 radical (unpaired) electrons. The van der Waals surface area contributed by atoms with Crippen LogP contribution in [0.4, 0.5) is 11.4 Å². The zero-order valence-corrected chi connectivity index (χ0v) is 26.3. The Morgan fingerprint density at radius 3 is 2.29 bits per heavy atom. The van der Waals surface area contributed by atoms with E-state index < -0.39 is 42.3 Å². The molecule has 1 unspecified atom stereocenters. The minimum Gasteiger partial charge on any atom is -0.506 e. The number of aromatic hydroxyl groups is 1. The lowest BCUT2D eigenvalue weighted by atomic mass is 9.75. The van der Waals surface area contributed by atoms with E-state index in [1.54, 1.807) is 25.1 Å². The highest BCUT2D eigenvalue weighted by atomic mass is 32.2. The molecular formula is C30H33N2O11S2+. The fraction of sp³-hybridized carbons (Fsp3) is 0.300. The first-order valence-electron chi connectivity index (χ1n) is 13.9. The lowest BCUT2D eigenvalue weighted by Gasteiger charge is -2.22. The van der Waals surface area contributed by atoms with Crippen LogP contribution in [-0.2, 0) is 30.6 Å². The van der Waals surface area contributed by atoms with Gasteiger partial charge in [0.1, 0.15) is 16.9 Å². The molecule has 0 spiro atoms. The highest BCUT2D eigenvalue weighted by Crippen LogP contribution is 2.45. The smallest absolute Gasteiger partial charge is 0.506 e. The summed E-state index contributed by atoms with van der Waals surface area (Å²) >= 11 is 0. The van der Waals surface area contributed by atoms with Crippen molar-refractivity contribution in [2.45, 2.75) is 50.3 Å².